The summed E-state index contributed by atoms with van der Waals surface area (Å²) in [5.41, 5.74) is 1.66. The summed E-state index contributed by atoms with van der Waals surface area (Å²) in [5.74, 6) is 0.131. The minimum absolute atomic E-state index is 0.131. The van der Waals surface area contributed by atoms with Crippen LogP contribution in [0.25, 0.3) is 16.8 Å². The van der Waals surface area contributed by atoms with Gasteiger partial charge in [-0.05, 0) is 18.2 Å². The Hall–Kier alpha value is -2.88. The standard InChI is InChI=1S/C16H12N2O2/c19-15-9-5-4-8-14(15)12-10-16(20)18(17-11-12)13-6-2-1-3-7-13/h1-11,19H. The highest BCUT2D eigenvalue weighted by molar-refractivity contribution is 5.68. The summed E-state index contributed by atoms with van der Waals surface area (Å²) in [4.78, 5) is 12.1. The lowest BCUT2D eigenvalue weighted by atomic mass is 10.1. The molecule has 0 amide bonds. The van der Waals surface area contributed by atoms with Crippen molar-refractivity contribution in [3.63, 3.8) is 0 Å². The van der Waals surface area contributed by atoms with Crippen molar-refractivity contribution >= 4 is 0 Å². The van der Waals surface area contributed by atoms with Crippen molar-refractivity contribution in [2.24, 2.45) is 0 Å². The Morgan fingerprint density at radius 3 is 2.35 bits per heavy atom. The largest absolute Gasteiger partial charge is 0.507 e. The number of benzene rings is 2. The summed E-state index contributed by atoms with van der Waals surface area (Å²) in [6.07, 6.45) is 1.57. The lowest BCUT2D eigenvalue weighted by molar-refractivity contribution is 0.477. The summed E-state index contributed by atoms with van der Waals surface area (Å²) in [6, 6.07) is 17.5. The molecule has 0 bridgehead atoms. The van der Waals surface area contributed by atoms with E-state index < -0.39 is 0 Å². The van der Waals surface area contributed by atoms with Crippen LogP contribution < -0.4 is 5.56 Å². The predicted octanol–water partition coefficient (Wildman–Crippen LogP) is 2.61. The number of rotatable bonds is 2. The first-order valence-corrected chi connectivity index (χ1v) is 6.19. The molecule has 0 aliphatic rings. The van der Waals surface area contributed by atoms with Gasteiger partial charge in [0.25, 0.3) is 5.56 Å². The number of phenolic OH excluding ortho intramolecular Hbond substituents is 1. The van der Waals surface area contributed by atoms with E-state index in [9.17, 15) is 9.90 Å². The van der Waals surface area contributed by atoms with Gasteiger partial charge >= 0.3 is 0 Å². The van der Waals surface area contributed by atoms with Gasteiger partial charge in [-0.2, -0.15) is 9.78 Å². The molecule has 4 nitrogen and oxygen atoms in total. The lowest BCUT2D eigenvalue weighted by Gasteiger charge is -2.07. The molecule has 0 fully saturated rings. The number of hydrogen-bond acceptors (Lipinski definition) is 3. The van der Waals surface area contributed by atoms with Crippen molar-refractivity contribution in [3.8, 4) is 22.6 Å². The molecule has 0 spiro atoms. The van der Waals surface area contributed by atoms with Gasteiger partial charge in [-0.1, -0.05) is 36.4 Å². The minimum Gasteiger partial charge on any atom is -0.507 e. The lowest BCUT2D eigenvalue weighted by Crippen LogP contribution is -2.19. The van der Waals surface area contributed by atoms with Crippen LogP contribution in [-0.2, 0) is 0 Å². The van der Waals surface area contributed by atoms with E-state index in [2.05, 4.69) is 5.10 Å². The number of phenols is 1. The Morgan fingerprint density at radius 2 is 1.65 bits per heavy atom. The number of para-hydroxylation sites is 2. The first kappa shape index (κ1) is 12.2. The van der Waals surface area contributed by atoms with E-state index in [-0.39, 0.29) is 11.3 Å². The van der Waals surface area contributed by atoms with Crippen LogP contribution in [0.15, 0.2) is 71.7 Å². The maximum Gasteiger partial charge on any atom is 0.272 e. The molecule has 3 aromatic rings. The highest BCUT2D eigenvalue weighted by Gasteiger charge is 2.07. The van der Waals surface area contributed by atoms with Crippen molar-refractivity contribution < 1.29 is 5.11 Å². The minimum atomic E-state index is -0.239. The molecule has 4 heteroatoms. The van der Waals surface area contributed by atoms with Gasteiger partial charge in [0.05, 0.1) is 11.9 Å². The van der Waals surface area contributed by atoms with Crippen LogP contribution in [0.5, 0.6) is 5.75 Å². The van der Waals surface area contributed by atoms with Crippen LogP contribution in [0.4, 0.5) is 0 Å². The monoisotopic (exact) mass is 264 g/mol. The second-order valence-corrected chi connectivity index (χ2v) is 4.35. The molecule has 0 unspecified atom stereocenters. The first-order valence-electron chi connectivity index (χ1n) is 6.19. The molecule has 20 heavy (non-hydrogen) atoms. The predicted molar refractivity (Wildman–Crippen MR) is 76.9 cm³/mol. The third kappa shape index (κ3) is 2.19. The molecule has 3 rings (SSSR count). The topological polar surface area (TPSA) is 55.1 Å². The zero-order valence-electron chi connectivity index (χ0n) is 10.6. The van der Waals surface area contributed by atoms with Crippen LogP contribution in [0.1, 0.15) is 0 Å². The van der Waals surface area contributed by atoms with Gasteiger partial charge in [0, 0.05) is 17.2 Å². The van der Waals surface area contributed by atoms with Crippen molar-refractivity contribution in [2.45, 2.75) is 0 Å². The Morgan fingerprint density at radius 1 is 0.950 bits per heavy atom. The van der Waals surface area contributed by atoms with E-state index in [4.69, 9.17) is 0 Å². The average Bonchev–Trinajstić information content (AvgIpc) is 2.48. The highest BCUT2D eigenvalue weighted by atomic mass is 16.3. The van der Waals surface area contributed by atoms with Crippen LogP contribution >= 0.6 is 0 Å². The number of aromatic hydroxyl groups is 1. The van der Waals surface area contributed by atoms with E-state index in [0.29, 0.717) is 16.8 Å². The average molecular weight is 264 g/mol. The molecule has 1 heterocycles. The van der Waals surface area contributed by atoms with Crippen LogP contribution in [-0.4, -0.2) is 14.9 Å². The van der Waals surface area contributed by atoms with E-state index >= 15 is 0 Å². The first-order chi connectivity index (χ1) is 9.75. The van der Waals surface area contributed by atoms with E-state index in [1.165, 1.54) is 10.7 Å². The van der Waals surface area contributed by atoms with Gasteiger partial charge in [0.2, 0.25) is 0 Å². The maximum absolute atomic E-state index is 12.1. The van der Waals surface area contributed by atoms with Gasteiger partial charge in [-0.15, -0.1) is 0 Å². The van der Waals surface area contributed by atoms with Crippen molar-refractivity contribution in [1.82, 2.24) is 9.78 Å². The fourth-order valence-electron chi connectivity index (χ4n) is 2.04. The Kier molecular flexibility index (Phi) is 3.05. The van der Waals surface area contributed by atoms with Gasteiger partial charge in [0.1, 0.15) is 5.75 Å². The molecule has 0 saturated carbocycles. The molecule has 2 aromatic carbocycles. The molecule has 0 aliphatic carbocycles. The fraction of sp³-hybridized carbons (Fsp3) is 0. The van der Waals surface area contributed by atoms with Crippen LogP contribution in [0.3, 0.4) is 0 Å². The Balaban J connectivity index is 2.09. The molecule has 1 N–H and O–H groups in total. The quantitative estimate of drug-likeness (QED) is 0.774. The zero-order chi connectivity index (χ0) is 13.9. The van der Waals surface area contributed by atoms with E-state index in [0.717, 1.165) is 0 Å². The summed E-state index contributed by atoms with van der Waals surface area (Å²) < 4.78 is 1.32. The number of aromatic nitrogens is 2. The second-order valence-electron chi connectivity index (χ2n) is 4.35. The third-order valence-corrected chi connectivity index (χ3v) is 3.02. The molecule has 0 saturated heterocycles. The van der Waals surface area contributed by atoms with Crippen molar-refractivity contribution in [2.75, 3.05) is 0 Å². The molecule has 0 atom stereocenters. The SMILES string of the molecule is O=c1cc(-c2ccccc2O)cnn1-c1ccccc1. The van der Waals surface area contributed by atoms with E-state index in [1.807, 2.05) is 30.3 Å². The summed E-state index contributed by atoms with van der Waals surface area (Å²) >= 11 is 0. The Bertz CT molecular complexity index is 795. The number of nitrogens with zero attached hydrogens (tertiary/aromatic N) is 2. The van der Waals surface area contributed by atoms with Gasteiger partial charge in [0.15, 0.2) is 0 Å². The normalized spacial score (nSPS) is 10.4. The molecule has 98 valence electrons. The summed E-state index contributed by atoms with van der Waals surface area (Å²) in [7, 11) is 0. The second kappa shape index (κ2) is 5.01. The summed E-state index contributed by atoms with van der Waals surface area (Å²) in [5, 5.41) is 14.0. The van der Waals surface area contributed by atoms with Gasteiger partial charge < -0.3 is 5.11 Å². The summed E-state index contributed by atoms with van der Waals surface area (Å²) in [6.45, 7) is 0. The maximum atomic E-state index is 12.1. The molecular weight excluding hydrogens is 252 g/mol. The number of hydrogen-bond donors (Lipinski definition) is 1. The highest BCUT2D eigenvalue weighted by Crippen LogP contribution is 2.26. The Labute approximate surface area is 115 Å². The molecule has 0 radical (unpaired) electrons. The van der Waals surface area contributed by atoms with Crippen LogP contribution in [0.2, 0.25) is 0 Å². The van der Waals surface area contributed by atoms with Gasteiger partial charge in [-0.25, -0.2) is 0 Å². The molecular formula is C16H12N2O2. The van der Waals surface area contributed by atoms with E-state index in [1.54, 1.807) is 30.5 Å². The van der Waals surface area contributed by atoms with Crippen molar-refractivity contribution in [3.05, 3.63) is 77.2 Å². The molecule has 1 aromatic heterocycles. The van der Waals surface area contributed by atoms with Crippen LogP contribution in [0, 0.1) is 0 Å². The zero-order valence-corrected chi connectivity index (χ0v) is 10.6. The third-order valence-electron chi connectivity index (χ3n) is 3.02. The fourth-order valence-corrected chi connectivity index (χ4v) is 2.04. The molecule has 0 aliphatic heterocycles. The van der Waals surface area contributed by atoms with Crippen molar-refractivity contribution in [1.29, 1.82) is 0 Å². The van der Waals surface area contributed by atoms with Gasteiger partial charge in [-0.3, -0.25) is 4.79 Å². The smallest absolute Gasteiger partial charge is 0.272 e.